The van der Waals surface area contributed by atoms with Crippen LogP contribution in [0.2, 0.25) is 0 Å². The average molecular weight is 328 g/mol. The quantitative estimate of drug-likeness (QED) is 0.730. The van der Waals surface area contributed by atoms with Crippen molar-refractivity contribution in [1.82, 2.24) is 20.2 Å². The van der Waals surface area contributed by atoms with Crippen molar-refractivity contribution < 1.29 is 4.42 Å². The summed E-state index contributed by atoms with van der Waals surface area (Å²) >= 11 is 1.70. The average Bonchev–Trinajstić information content (AvgIpc) is 3.13. The zero-order valence-electron chi connectivity index (χ0n) is 12.6. The van der Waals surface area contributed by atoms with E-state index in [4.69, 9.17) is 4.42 Å². The van der Waals surface area contributed by atoms with Gasteiger partial charge in [-0.2, -0.15) is 0 Å². The summed E-state index contributed by atoms with van der Waals surface area (Å²) < 4.78 is 6.97. The highest BCUT2D eigenvalue weighted by Gasteiger charge is 2.31. The molecule has 7 nitrogen and oxygen atoms in total. The lowest BCUT2D eigenvalue weighted by Gasteiger charge is -2.34. The number of anilines is 2. The Morgan fingerprint density at radius 1 is 1.04 bits per heavy atom. The number of hydrogen-bond donors (Lipinski definition) is 0. The zero-order valence-corrected chi connectivity index (χ0v) is 13.4. The van der Waals surface area contributed by atoms with Crippen molar-refractivity contribution in [1.29, 1.82) is 0 Å². The summed E-state index contributed by atoms with van der Waals surface area (Å²) in [6, 6.07) is 2.70. The molecule has 2 fully saturated rings. The summed E-state index contributed by atoms with van der Waals surface area (Å²) in [6.07, 6.45) is 4.01. The molecule has 1 saturated heterocycles. The van der Waals surface area contributed by atoms with E-state index in [1.165, 1.54) is 12.8 Å². The van der Waals surface area contributed by atoms with E-state index in [0.717, 1.165) is 48.1 Å². The van der Waals surface area contributed by atoms with Gasteiger partial charge in [-0.3, -0.25) is 0 Å². The first-order valence-corrected chi connectivity index (χ1v) is 8.78. The molecule has 0 spiro atoms. The maximum absolute atomic E-state index is 5.81. The van der Waals surface area contributed by atoms with Crippen molar-refractivity contribution >= 4 is 33.4 Å². The second kappa shape index (κ2) is 5.16. The Labute approximate surface area is 137 Å². The Hall–Kier alpha value is -2.22. The molecular weight excluding hydrogens is 312 g/mol. The van der Waals surface area contributed by atoms with Gasteiger partial charge in [-0.05, 0) is 24.3 Å². The van der Waals surface area contributed by atoms with Crippen molar-refractivity contribution in [3.05, 3.63) is 23.7 Å². The minimum Gasteiger partial charge on any atom is -0.408 e. The molecule has 2 aliphatic rings. The Balaban J connectivity index is 1.32. The van der Waals surface area contributed by atoms with Crippen molar-refractivity contribution in [3.63, 3.8) is 0 Å². The molecule has 0 bridgehead atoms. The summed E-state index contributed by atoms with van der Waals surface area (Å²) in [4.78, 5) is 13.3. The summed E-state index contributed by atoms with van der Waals surface area (Å²) in [5, 5.41) is 10.4. The van der Waals surface area contributed by atoms with Crippen LogP contribution in [0.1, 0.15) is 24.7 Å². The Kier molecular flexibility index (Phi) is 2.97. The number of piperazine rings is 1. The summed E-state index contributed by atoms with van der Waals surface area (Å²) in [5.74, 6) is 2.35. The van der Waals surface area contributed by atoms with Gasteiger partial charge in [0.25, 0.3) is 0 Å². The van der Waals surface area contributed by atoms with Gasteiger partial charge in [0.15, 0.2) is 0 Å². The van der Waals surface area contributed by atoms with Gasteiger partial charge < -0.3 is 14.2 Å². The fourth-order valence-electron chi connectivity index (χ4n) is 2.96. The van der Waals surface area contributed by atoms with E-state index in [-0.39, 0.29) is 0 Å². The van der Waals surface area contributed by atoms with Crippen LogP contribution in [-0.4, -0.2) is 46.3 Å². The number of nitrogens with zero attached hydrogens (tertiary/aromatic N) is 6. The molecule has 1 saturated carbocycles. The molecule has 0 N–H and O–H groups in total. The van der Waals surface area contributed by atoms with E-state index < -0.39 is 0 Å². The Bertz CT molecular complexity index is 833. The molecule has 0 aromatic carbocycles. The van der Waals surface area contributed by atoms with Gasteiger partial charge in [-0.25, -0.2) is 9.97 Å². The minimum atomic E-state index is 0.505. The van der Waals surface area contributed by atoms with Gasteiger partial charge in [0.2, 0.25) is 5.89 Å². The van der Waals surface area contributed by atoms with E-state index in [1.807, 2.05) is 6.07 Å². The number of fused-ring (bicyclic) bond motifs is 1. The Morgan fingerprint density at radius 2 is 1.87 bits per heavy atom. The van der Waals surface area contributed by atoms with E-state index in [1.54, 1.807) is 17.7 Å². The van der Waals surface area contributed by atoms with Gasteiger partial charge in [0, 0.05) is 32.1 Å². The number of thiophene rings is 1. The lowest BCUT2D eigenvalue weighted by Crippen LogP contribution is -2.47. The highest BCUT2D eigenvalue weighted by atomic mass is 32.1. The second-order valence-corrected chi connectivity index (χ2v) is 6.92. The third-order valence-electron chi connectivity index (χ3n) is 4.43. The highest BCUT2D eigenvalue weighted by molar-refractivity contribution is 7.17. The SMILES string of the molecule is c1nc(N2CCN(c3nnc(C4CC4)o3)CC2)c2sccc2n1. The molecule has 3 aromatic heterocycles. The highest BCUT2D eigenvalue weighted by Crippen LogP contribution is 2.40. The molecule has 0 unspecified atom stereocenters. The molecule has 1 aliphatic carbocycles. The van der Waals surface area contributed by atoms with Gasteiger partial charge in [0.05, 0.1) is 10.2 Å². The lowest BCUT2D eigenvalue weighted by atomic mass is 10.3. The van der Waals surface area contributed by atoms with Crippen LogP contribution in [0.3, 0.4) is 0 Å². The third-order valence-corrected chi connectivity index (χ3v) is 5.33. The Morgan fingerprint density at radius 3 is 2.70 bits per heavy atom. The largest absolute Gasteiger partial charge is 0.408 e. The number of hydrogen-bond acceptors (Lipinski definition) is 8. The molecule has 3 aromatic rings. The van der Waals surface area contributed by atoms with E-state index in [2.05, 4.69) is 35.3 Å². The minimum absolute atomic E-state index is 0.505. The topological polar surface area (TPSA) is 71.2 Å². The fourth-order valence-corrected chi connectivity index (χ4v) is 3.82. The monoisotopic (exact) mass is 328 g/mol. The van der Waals surface area contributed by atoms with Crippen LogP contribution in [0, 0.1) is 0 Å². The zero-order chi connectivity index (χ0) is 15.2. The molecule has 0 atom stereocenters. The van der Waals surface area contributed by atoms with E-state index in [9.17, 15) is 0 Å². The molecule has 118 valence electrons. The van der Waals surface area contributed by atoms with Crippen LogP contribution in [0.25, 0.3) is 10.2 Å². The summed E-state index contributed by atoms with van der Waals surface area (Å²) in [6.45, 7) is 3.52. The van der Waals surface area contributed by atoms with Crippen LogP contribution < -0.4 is 9.80 Å². The molecule has 0 radical (unpaired) electrons. The first-order chi connectivity index (χ1) is 11.4. The third kappa shape index (κ3) is 2.33. The van der Waals surface area contributed by atoms with Crippen molar-refractivity contribution in [2.75, 3.05) is 36.0 Å². The first-order valence-electron chi connectivity index (χ1n) is 7.90. The van der Waals surface area contributed by atoms with E-state index in [0.29, 0.717) is 11.9 Å². The van der Waals surface area contributed by atoms with Crippen LogP contribution >= 0.6 is 11.3 Å². The van der Waals surface area contributed by atoms with Gasteiger partial charge in [-0.1, -0.05) is 5.10 Å². The summed E-state index contributed by atoms with van der Waals surface area (Å²) in [7, 11) is 0. The lowest BCUT2D eigenvalue weighted by molar-refractivity contribution is 0.475. The molecular formula is C15H16N6OS. The van der Waals surface area contributed by atoms with E-state index >= 15 is 0 Å². The predicted molar refractivity (Wildman–Crippen MR) is 88.1 cm³/mol. The van der Waals surface area contributed by atoms with Crippen molar-refractivity contribution in [2.24, 2.45) is 0 Å². The molecule has 4 heterocycles. The molecule has 8 heteroatoms. The maximum atomic E-state index is 5.81. The smallest absolute Gasteiger partial charge is 0.318 e. The first kappa shape index (κ1) is 13.2. The van der Waals surface area contributed by atoms with Crippen LogP contribution in [0.4, 0.5) is 11.8 Å². The molecule has 23 heavy (non-hydrogen) atoms. The molecule has 1 aliphatic heterocycles. The van der Waals surface area contributed by atoms with Gasteiger partial charge >= 0.3 is 6.01 Å². The number of aromatic nitrogens is 4. The number of rotatable bonds is 3. The molecule has 5 rings (SSSR count). The molecule has 0 amide bonds. The van der Waals surface area contributed by atoms with Gasteiger partial charge in [-0.15, -0.1) is 16.4 Å². The van der Waals surface area contributed by atoms with Crippen molar-refractivity contribution in [2.45, 2.75) is 18.8 Å². The van der Waals surface area contributed by atoms with Crippen molar-refractivity contribution in [3.8, 4) is 0 Å². The van der Waals surface area contributed by atoms with Crippen LogP contribution in [0.5, 0.6) is 0 Å². The van der Waals surface area contributed by atoms with Crippen LogP contribution in [-0.2, 0) is 0 Å². The standard InChI is InChI=1S/C15H16N6OS/c1-2-10(1)14-18-19-15(22-14)21-6-4-20(5-7-21)13-12-11(3-8-23-12)16-9-17-13/h3,8-10H,1-2,4-7H2. The normalized spacial score (nSPS) is 18.8. The predicted octanol–water partition coefficient (Wildman–Crippen LogP) is 2.28. The van der Waals surface area contributed by atoms with Crippen LogP contribution in [0.15, 0.2) is 22.2 Å². The maximum Gasteiger partial charge on any atom is 0.318 e. The second-order valence-electron chi connectivity index (χ2n) is 6.00. The fraction of sp³-hybridized carbons (Fsp3) is 0.467. The summed E-state index contributed by atoms with van der Waals surface area (Å²) in [5.41, 5.74) is 1.02. The van der Waals surface area contributed by atoms with Gasteiger partial charge in [0.1, 0.15) is 12.1 Å².